The Morgan fingerprint density at radius 1 is 1.30 bits per heavy atom. The lowest BCUT2D eigenvalue weighted by Gasteiger charge is -2.50. The fraction of sp³-hybridized carbons (Fsp3) is 0.190. The SMILES string of the molecule is NC(=O)C[n+]1ccc(-c2nsc(SC3=C(C(=O)[O-])N4C(=O)[C@@H](NC(=O)/C(=N/O)c5csc(N)n5)C4SC3)n2)cc1. The number of amides is 3. The van der Waals surface area contributed by atoms with E-state index in [2.05, 4.69) is 24.8 Å². The molecule has 206 valence electrons. The quantitative estimate of drug-likeness (QED) is 0.0693. The summed E-state index contributed by atoms with van der Waals surface area (Å²) in [5, 5.41) is 27.7. The highest BCUT2D eigenvalue weighted by molar-refractivity contribution is 8.07. The van der Waals surface area contributed by atoms with Crippen molar-refractivity contribution in [1.82, 2.24) is 24.6 Å². The van der Waals surface area contributed by atoms with Crippen molar-refractivity contribution in [2.45, 2.75) is 22.3 Å². The van der Waals surface area contributed by atoms with Crippen LogP contribution in [0.3, 0.4) is 0 Å². The van der Waals surface area contributed by atoms with Gasteiger partial charge in [0, 0.05) is 33.7 Å². The molecule has 5 rings (SSSR count). The molecule has 3 amide bonds. The van der Waals surface area contributed by atoms with Gasteiger partial charge in [-0.1, -0.05) is 16.9 Å². The molecule has 3 aromatic heterocycles. The van der Waals surface area contributed by atoms with Gasteiger partial charge < -0.3 is 31.9 Å². The van der Waals surface area contributed by atoms with E-state index in [0.29, 0.717) is 20.6 Å². The van der Waals surface area contributed by atoms with Gasteiger partial charge in [0.25, 0.3) is 17.7 Å². The van der Waals surface area contributed by atoms with Gasteiger partial charge >= 0.3 is 0 Å². The Kier molecular flexibility index (Phi) is 7.70. The molecular formula is C21H17N9O6S4. The standard InChI is InChI=1S/C21H17N9O6S4/c22-11(31)5-29-3-1-8(2-4-29)15-26-21(40-28-15)39-10-7-37-18-13(17(33)30(18)14(10)19(34)35)25-16(32)12(27-36)9-6-38-20(23)24-9/h1-4,6,13,18H,5,7H2,(H6-,22,23,24,25,31,32,34,35,36)/t13-,18?/m1/s1. The molecule has 1 saturated heterocycles. The smallest absolute Gasteiger partial charge is 0.283 e. The van der Waals surface area contributed by atoms with Crippen molar-refractivity contribution in [3.63, 3.8) is 0 Å². The van der Waals surface area contributed by atoms with E-state index in [-0.39, 0.29) is 28.8 Å². The molecule has 0 bridgehead atoms. The number of thiazole rings is 1. The predicted octanol–water partition coefficient (Wildman–Crippen LogP) is -1.65. The van der Waals surface area contributed by atoms with E-state index < -0.39 is 40.8 Å². The van der Waals surface area contributed by atoms with Crippen LogP contribution >= 0.6 is 46.4 Å². The first-order valence-corrected chi connectivity index (χ1v) is 14.6. The Hall–Kier alpha value is -4.07. The van der Waals surface area contributed by atoms with E-state index in [1.165, 1.54) is 17.1 Å². The number of hydrogen-bond acceptors (Lipinski definition) is 15. The van der Waals surface area contributed by atoms with Crippen LogP contribution in [0.5, 0.6) is 0 Å². The number of fused-ring (bicyclic) bond motifs is 1. The molecule has 0 aliphatic carbocycles. The number of nitrogen functional groups attached to an aromatic ring is 1. The summed E-state index contributed by atoms with van der Waals surface area (Å²) in [5.41, 5.74) is 10.7. The molecule has 0 spiro atoms. The first-order valence-electron chi connectivity index (χ1n) is 11.1. The number of carboxylic acid groups (broad SMARTS) is 1. The minimum absolute atomic E-state index is 0.0293. The molecule has 15 nitrogen and oxygen atoms in total. The van der Waals surface area contributed by atoms with Crippen molar-refractivity contribution in [3.8, 4) is 11.4 Å². The molecule has 2 aliphatic heterocycles. The molecule has 19 heteroatoms. The Bertz CT molecular complexity index is 1580. The van der Waals surface area contributed by atoms with Crippen molar-refractivity contribution in [3.05, 3.63) is 46.2 Å². The number of anilines is 1. The Morgan fingerprint density at radius 3 is 2.67 bits per heavy atom. The largest absolute Gasteiger partial charge is 0.543 e. The van der Waals surface area contributed by atoms with Crippen molar-refractivity contribution in [1.29, 1.82) is 0 Å². The van der Waals surface area contributed by atoms with Gasteiger partial charge in [0.15, 0.2) is 33.4 Å². The zero-order chi connectivity index (χ0) is 28.6. The molecule has 3 aromatic rings. The van der Waals surface area contributed by atoms with Crippen LogP contribution in [0, 0.1) is 0 Å². The lowest BCUT2D eigenvalue weighted by Crippen LogP contribution is -2.71. The summed E-state index contributed by atoms with van der Waals surface area (Å²) in [6, 6.07) is 2.38. The van der Waals surface area contributed by atoms with Gasteiger partial charge in [-0.3, -0.25) is 19.3 Å². The monoisotopic (exact) mass is 619 g/mol. The maximum absolute atomic E-state index is 13.0. The molecule has 40 heavy (non-hydrogen) atoms. The van der Waals surface area contributed by atoms with Gasteiger partial charge in [0.1, 0.15) is 17.1 Å². The van der Waals surface area contributed by atoms with E-state index in [4.69, 9.17) is 11.5 Å². The van der Waals surface area contributed by atoms with Gasteiger partial charge in [0.2, 0.25) is 6.54 Å². The molecule has 2 aliphatic rings. The number of aliphatic carboxylic acids is 1. The van der Waals surface area contributed by atoms with Crippen LogP contribution in [0.15, 0.2) is 50.0 Å². The molecule has 0 radical (unpaired) electrons. The second kappa shape index (κ2) is 11.2. The van der Waals surface area contributed by atoms with Gasteiger partial charge in [0.05, 0.1) is 11.7 Å². The number of hydrogen-bond donors (Lipinski definition) is 4. The van der Waals surface area contributed by atoms with Crippen molar-refractivity contribution in [2.24, 2.45) is 10.9 Å². The average Bonchev–Trinajstić information content (AvgIpc) is 3.56. The lowest BCUT2D eigenvalue weighted by atomic mass is 10.0. The van der Waals surface area contributed by atoms with Crippen molar-refractivity contribution in [2.75, 3.05) is 11.5 Å². The van der Waals surface area contributed by atoms with E-state index in [9.17, 15) is 29.5 Å². The summed E-state index contributed by atoms with van der Waals surface area (Å²) in [5.74, 6) is -2.95. The van der Waals surface area contributed by atoms with Crippen LogP contribution in [0.1, 0.15) is 5.69 Å². The Morgan fingerprint density at radius 2 is 2.05 bits per heavy atom. The van der Waals surface area contributed by atoms with E-state index >= 15 is 0 Å². The van der Waals surface area contributed by atoms with Gasteiger partial charge in [-0.05, 0) is 11.5 Å². The number of nitrogens with zero attached hydrogens (tertiary/aromatic N) is 6. The van der Waals surface area contributed by atoms with Crippen LogP contribution in [0.25, 0.3) is 11.4 Å². The molecule has 6 N–H and O–H groups in total. The number of nitrogens with one attached hydrogen (secondary N) is 1. The normalized spacial score (nSPS) is 18.8. The van der Waals surface area contributed by atoms with Gasteiger partial charge in [-0.25, -0.2) is 9.97 Å². The highest BCUT2D eigenvalue weighted by Gasteiger charge is 2.53. The van der Waals surface area contributed by atoms with Crippen LogP contribution in [0.4, 0.5) is 5.13 Å². The summed E-state index contributed by atoms with van der Waals surface area (Å²) < 4.78 is 6.36. The van der Waals surface area contributed by atoms with Crippen LogP contribution < -0.4 is 26.5 Å². The Labute approximate surface area is 241 Å². The van der Waals surface area contributed by atoms with E-state index in [1.807, 2.05) is 0 Å². The Balaban J connectivity index is 1.30. The second-order valence-corrected chi connectivity index (χ2v) is 12.2. The lowest BCUT2D eigenvalue weighted by molar-refractivity contribution is -0.684. The predicted molar refractivity (Wildman–Crippen MR) is 142 cm³/mol. The highest BCUT2D eigenvalue weighted by Crippen LogP contribution is 2.45. The van der Waals surface area contributed by atoms with Crippen molar-refractivity contribution >= 4 is 80.9 Å². The van der Waals surface area contributed by atoms with Crippen LogP contribution in [-0.2, 0) is 25.7 Å². The van der Waals surface area contributed by atoms with Crippen molar-refractivity contribution < 1.29 is 34.1 Å². The molecule has 2 atom stereocenters. The molecule has 1 fully saturated rings. The number of primary amides is 1. The molecule has 0 saturated carbocycles. The highest BCUT2D eigenvalue weighted by atomic mass is 32.2. The summed E-state index contributed by atoms with van der Waals surface area (Å²) in [6.07, 6.45) is 3.32. The number of pyridine rings is 1. The summed E-state index contributed by atoms with van der Waals surface area (Å²) in [6.45, 7) is 0.0293. The summed E-state index contributed by atoms with van der Waals surface area (Å²) in [7, 11) is 0. The first-order chi connectivity index (χ1) is 19.2. The van der Waals surface area contributed by atoms with Gasteiger partial charge in [-0.15, -0.1) is 23.1 Å². The number of β-lactam (4-membered cyclic amide) rings is 1. The molecule has 5 heterocycles. The third-order valence-corrected chi connectivity index (χ3v) is 9.57. The number of carbonyl (C=O) groups is 4. The average molecular weight is 620 g/mol. The summed E-state index contributed by atoms with van der Waals surface area (Å²) in [4.78, 5) is 58.5. The van der Waals surface area contributed by atoms with E-state index in [0.717, 1.165) is 39.5 Å². The third kappa shape index (κ3) is 5.35. The van der Waals surface area contributed by atoms with Crippen LogP contribution in [-0.4, -0.2) is 71.0 Å². The maximum Gasteiger partial charge on any atom is 0.283 e. The number of carboxylic acids is 1. The molecule has 0 aromatic carbocycles. The summed E-state index contributed by atoms with van der Waals surface area (Å²) >= 11 is 4.40. The minimum atomic E-state index is -1.55. The second-order valence-electron chi connectivity index (χ2n) is 8.15. The maximum atomic E-state index is 13.0. The number of aromatic nitrogens is 4. The topological polar surface area (TPSA) is 234 Å². The first kappa shape index (κ1) is 27.5. The zero-order valence-corrected chi connectivity index (χ0v) is 23.2. The number of rotatable bonds is 9. The minimum Gasteiger partial charge on any atom is -0.543 e. The van der Waals surface area contributed by atoms with E-state index in [1.54, 1.807) is 29.1 Å². The van der Waals surface area contributed by atoms with Crippen LogP contribution in [0.2, 0.25) is 0 Å². The third-order valence-electron chi connectivity index (χ3n) is 5.60. The van der Waals surface area contributed by atoms with Gasteiger partial charge in [-0.2, -0.15) is 8.94 Å². The fourth-order valence-corrected chi connectivity index (χ4v) is 7.65. The molecular weight excluding hydrogens is 603 g/mol. The number of oxime groups is 1. The fourth-order valence-electron chi connectivity index (χ4n) is 3.84. The number of carbonyl (C=O) groups excluding carboxylic acids is 4. The number of thioether (sulfide) groups is 2. The number of nitrogens with two attached hydrogens (primary N) is 2. The molecule has 1 unspecified atom stereocenters. The zero-order valence-electron chi connectivity index (χ0n) is 19.9.